The van der Waals surface area contributed by atoms with Crippen LogP contribution in [0.2, 0.25) is 0 Å². The predicted octanol–water partition coefficient (Wildman–Crippen LogP) is 1.89. The maximum absolute atomic E-state index is 8.56. The first kappa shape index (κ1) is 11.8. The van der Waals surface area contributed by atoms with E-state index in [1.165, 1.54) is 0 Å². The average Bonchev–Trinajstić information content (AvgIpc) is 2.10. The second-order valence-corrected chi connectivity index (χ2v) is 4.44. The van der Waals surface area contributed by atoms with Gasteiger partial charge in [-0.1, -0.05) is 45.1 Å². The monoisotopic (exact) mass is 188 g/mol. The first-order valence-corrected chi connectivity index (χ1v) is 5.82. The summed E-state index contributed by atoms with van der Waals surface area (Å²) in [7, 11) is -0.254. The summed E-state index contributed by atoms with van der Waals surface area (Å²) in [6.07, 6.45) is 5.80. The van der Waals surface area contributed by atoms with Gasteiger partial charge in [0.15, 0.2) is 0 Å². The van der Waals surface area contributed by atoms with Crippen LogP contribution in [-0.4, -0.2) is 29.6 Å². The molecule has 0 aromatic carbocycles. The first-order chi connectivity index (χ1) is 5.85. The number of aliphatic hydroxyl groups excluding tert-OH is 2. The Bertz CT molecular complexity index is 129. The molecule has 0 heterocycles. The number of rotatable bonds is 6. The van der Waals surface area contributed by atoms with Gasteiger partial charge in [0.25, 0.3) is 0 Å². The van der Waals surface area contributed by atoms with Crippen LogP contribution in [-0.2, 0) is 0 Å². The molecule has 3 heteroatoms. The van der Waals surface area contributed by atoms with Crippen LogP contribution in [0.15, 0.2) is 23.8 Å². The standard InChI is InChI=1S/C9H17O2P/c1-2-7-12(8-3-5-10)9-4-6-11/h3-4,8-11H,2,5-7H2,1H3/b8-3+,9-4+. The molecule has 0 spiro atoms. The van der Waals surface area contributed by atoms with Gasteiger partial charge in [-0.05, 0) is 6.16 Å². The molecule has 0 saturated heterocycles. The highest BCUT2D eigenvalue weighted by atomic mass is 31.1. The molecule has 0 rings (SSSR count). The third-order valence-electron chi connectivity index (χ3n) is 1.29. The smallest absolute Gasteiger partial charge is 0.0615 e. The summed E-state index contributed by atoms with van der Waals surface area (Å²) in [5.74, 6) is 4.07. The minimum atomic E-state index is -0.254. The highest BCUT2D eigenvalue weighted by molar-refractivity contribution is 7.64. The minimum Gasteiger partial charge on any atom is -0.392 e. The molecule has 0 saturated carbocycles. The van der Waals surface area contributed by atoms with E-state index in [9.17, 15) is 0 Å². The third kappa shape index (κ3) is 6.53. The highest BCUT2D eigenvalue weighted by Gasteiger charge is 1.95. The molecule has 12 heavy (non-hydrogen) atoms. The van der Waals surface area contributed by atoms with Gasteiger partial charge in [-0.2, -0.15) is 0 Å². The van der Waals surface area contributed by atoms with Gasteiger partial charge in [0.1, 0.15) is 0 Å². The van der Waals surface area contributed by atoms with Gasteiger partial charge < -0.3 is 10.2 Å². The molecule has 70 valence electrons. The Kier molecular flexibility index (Phi) is 8.80. The van der Waals surface area contributed by atoms with Gasteiger partial charge >= 0.3 is 0 Å². The Balaban J connectivity index is 3.85. The van der Waals surface area contributed by atoms with Crippen molar-refractivity contribution in [3.63, 3.8) is 0 Å². The lowest BCUT2D eigenvalue weighted by Gasteiger charge is -2.04. The maximum atomic E-state index is 8.56. The summed E-state index contributed by atoms with van der Waals surface area (Å²) in [5.41, 5.74) is 0. The van der Waals surface area contributed by atoms with Crippen LogP contribution in [0.1, 0.15) is 13.3 Å². The van der Waals surface area contributed by atoms with Crippen LogP contribution in [0.3, 0.4) is 0 Å². The van der Waals surface area contributed by atoms with Crippen LogP contribution < -0.4 is 0 Å². The molecule has 0 atom stereocenters. The molecule has 0 aliphatic heterocycles. The van der Waals surface area contributed by atoms with Crippen molar-refractivity contribution in [1.29, 1.82) is 0 Å². The molecule has 0 aromatic heterocycles. The van der Waals surface area contributed by atoms with Crippen molar-refractivity contribution in [3.8, 4) is 0 Å². The predicted molar refractivity (Wildman–Crippen MR) is 54.5 cm³/mol. The molecule has 0 aromatic rings. The molecule has 0 bridgehead atoms. The van der Waals surface area contributed by atoms with E-state index in [1.807, 2.05) is 11.6 Å². The van der Waals surface area contributed by atoms with E-state index in [4.69, 9.17) is 10.2 Å². The number of hydrogen-bond donors (Lipinski definition) is 2. The Labute approximate surface area is 75.4 Å². The summed E-state index contributed by atoms with van der Waals surface area (Å²) in [5, 5.41) is 17.1. The van der Waals surface area contributed by atoms with E-state index in [1.54, 1.807) is 12.2 Å². The SMILES string of the molecule is CCCP(/C=C/CO)/C=C/CO. The van der Waals surface area contributed by atoms with Gasteiger partial charge in [-0.15, -0.1) is 0 Å². The Morgan fingerprint density at radius 3 is 1.92 bits per heavy atom. The second-order valence-electron chi connectivity index (χ2n) is 2.37. The van der Waals surface area contributed by atoms with Crippen molar-refractivity contribution in [2.24, 2.45) is 0 Å². The molecular weight excluding hydrogens is 171 g/mol. The van der Waals surface area contributed by atoms with E-state index in [2.05, 4.69) is 6.92 Å². The van der Waals surface area contributed by atoms with Crippen LogP contribution in [0.25, 0.3) is 0 Å². The zero-order valence-electron chi connectivity index (χ0n) is 7.48. The van der Waals surface area contributed by atoms with Crippen LogP contribution in [0, 0.1) is 0 Å². The minimum absolute atomic E-state index is 0.107. The Hall–Kier alpha value is -0.170. The fraction of sp³-hybridized carbons (Fsp3) is 0.556. The van der Waals surface area contributed by atoms with Crippen molar-refractivity contribution < 1.29 is 10.2 Å². The summed E-state index contributed by atoms with van der Waals surface area (Å²) >= 11 is 0. The van der Waals surface area contributed by atoms with E-state index in [0.29, 0.717) is 0 Å². The fourth-order valence-corrected chi connectivity index (χ4v) is 2.47. The zero-order chi connectivity index (χ0) is 9.23. The molecule has 0 fully saturated rings. The van der Waals surface area contributed by atoms with Crippen molar-refractivity contribution in [2.75, 3.05) is 19.4 Å². The van der Waals surface area contributed by atoms with E-state index < -0.39 is 0 Å². The van der Waals surface area contributed by atoms with Gasteiger partial charge in [-0.25, -0.2) is 0 Å². The number of hydrogen-bond acceptors (Lipinski definition) is 2. The summed E-state index contributed by atoms with van der Waals surface area (Å²) in [6.45, 7) is 2.35. The van der Waals surface area contributed by atoms with Crippen molar-refractivity contribution in [2.45, 2.75) is 13.3 Å². The number of aliphatic hydroxyl groups is 2. The molecule has 0 aliphatic carbocycles. The van der Waals surface area contributed by atoms with E-state index in [-0.39, 0.29) is 21.1 Å². The molecule has 2 nitrogen and oxygen atoms in total. The lowest BCUT2D eigenvalue weighted by molar-refractivity contribution is 0.343. The quantitative estimate of drug-likeness (QED) is 0.625. The largest absolute Gasteiger partial charge is 0.392 e. The van der Waals surface area contributed by atoms with Gasteiger partial charge in [0, 0.05) is 0 Å². The molecular formula is C9H17O2P. The van der Waals surface area contributed by atoms with Gasteiger partial charge in [0.05, 0.1) is 13.2 Å². The van der Waals surface area contributed by atoms with E-state index in [0.717, 1.165) is 12.6 Å². The topological polar surface area (TPSA) is 40.5 Å². The first-order valence-electron chi connectivity index (χ1n) is 4.16. The fourth-order valence-electron chi connectivity index (χ4n) is 0.822. The summed E-state index contributed by atoms with van der Waals surface area (Å²) in [6, 6.07) is 0. The second kappa shape index (κ2) is 8.92. The summed E-state index contributed by atoms with van der Waals surface area (Å²) < 4.78 is 0. The van der Waals surface area contributed by atoms with Gasteiger partial charge in [-0.3, -0.25) is 0 Å². The summed E-state index contributed by atoms with van der Waals surface area (Å²) in [4.78, 5) is 0. The van der Waals surface area contributed by atoms with E-state index >= 15 is 0 Å². The molecule has 0 amide bonds. The van der Waals surface area contributed by atoms with Crippen molar-refractivity contribution in [1.82, 2.24) is 0 Å². The molecule has 0 aliphatic rings. The Morgan fingerprint density at radius 2 is 1.58 bits per heavy atom. The third-order valence-corrected chi connectivity index (χ3v) is 3.44. The molecule has 2 N–H and O–H groups in total. The molecule has 0 unspecified atom stereocenters. The lowest BCUT2D eigenvalue weighted by atomic mass is 10.6. The van der Waals surface area contributed by atoms with Crippen molar-refractivity contribution >= 4 is 7.92 Å². The van der Waals surface area contributed by atoms with Crippen LogP contribution in [0.4, 0.5) is 0 Å². The molecule has 0 radical (unpaired) electrons. The van der Waals surface area contributed by atoms with Gasteiger partial charge in [0.2, 0.25) is 0 Å². The van der Waals surface area contributed by atoms with Crippen molar-refractivity contribution in [3.05, 3.63) is 23.8 Å². The van der Waals surface area contributed by atoms with Crippen LogP contribution in [0.5, 0.6) is 0 Å². The Morgan fingerprint density at radius 1 is 1.08 bits per heavy atom. The maximum Gasteiger partial charge on any atom is 0.0615 e. The zero-order valence-corrected chi connectivity index (χ0v) is 8.37. The average molecular weight is 188 g/mol. The van der Waals surface area contributed by atoms with Crippen LogP contribution >= 0.6 is 7.92 Å². The highest BCUT2D eigenvalue weighted by Crippen LogP contribution is 2.39. The normalized spacial score (nSPS) is 12.3. The lowest BCUT2D eigenvalue weighted by Crippen LogP contribution is -1.78.